The number of nitrogens with one attached hydrogen (secondary N) is 2. The molecule has 12 heteroatoms. The van der Waals surface area contributed by atoms with Gasteiger partial charge in [-0.15, -0.1) is 0 Å². The number of carbonyl (C=O) groups excluding carboxylic acids is 2. The lowest BCUT2D eigenvalue weighted by Gasteiger charge is -2.09. The highest BCUT2D eigenvalue weighted by Gasteiger charge is 2.22. The number of para-hydroxylation sites is 1. The Bertz CT molecular complexity index is 1320. The van der Waals surface area contributed by atoms with Crippen LogP contribution in [0.25, 0.3) is 0 Å². The number of benzene rings is 2. The average Bonchev–Trinajstić information content (AvgIpc) is 2.77. The van der Waals surface area contributed by atoms with Gasteiger partial charge in [-0.2, -0.15) is 0 Å². The molecule has 0 radical (unpaired) electrons. The van der Waals surface area contributed by atoms with Crippen LogP contribution in [0.2, 0.25) is 0 Å². The molecule has 0 bridgehead atoms. The highest BCUT2D eigenvalue weighted by atomic mass is 79.9. The van der Waals surface area contributed by atoms with Gasteiger partial charge in [-0.25, -0.2) is 18.2 Å². The topological polar surface area (TPSA) is 135 Å². The van der Waals surface area contributed by atoms with Gasteiger partial charge in [0.15, 0.2) is 10.1 Å². The lowest BCUT2D eigenvalue weighted by Crippen LogP contribution is -2.20. The summed E-state index contributed by atoms with van der Waals surface area (Å²) < 4.78 is 30.7. The van der Waals surface area contributed by atoms with Gasteiger partial charge in [0.2, 0.25) is 15.7 Å². The van der Waals surface area contributed by atoms with E-state index in [9.17, 15) is 22.8 Å². The number of H-pyrrole nitrogens is 1. The third-order valence-corrected chi connectivity index (χ3v) is 7.28. The van der Waals surface area contributed by atoms with Gasteiger partial charge in [-0.3, -0.25) is 9.59 Å². The second-order valence-electron chi connectivity index (χ2n) is 6.21. The number of hydrogen-bond donors (Lipinski definition) is 2. The number of amides is 1. The molecule has 1 heterocycles. The van der Waals surface area contributed by atoms with Crippen molar-refractivity contribution in [3.05, 3.63) is 75.1 Å². The molecule has 0 saturated heterocycles. The van der Waals surface area contributed by atoms with Crippen LogP contribution in [-0.2, 0) is 19.4 Å². The van der Waals surface area contributed by atoms with E-state index in [2.05, 4.69) is 36.0 Å². The van der Waals surface area contributed by atoms with E-state index in [-0.39, 0.29) is 27.1 Å². The van der Waals surface area contributed by atoms with Gasteiger partial charge in [0.25, 0.3) is 5.56 Å². The normalized spacial score (nSPS) is 11.1. The maximum Gasteiger partial charge on any atom is 0.339 e. The maximum absolute atomic E-state index is 12.7. The maximum atomic E-state index is 12.7. The molecule has 2 aromatic carbocycles. The van der Waals surface area contributed by atoms with E-state index in [4.69, 9.17) is 0 Å². The molecule has 0 atom stereocenters. The number of aromatic amines is 1. The van der Waals surface area contributed by atoms with E-state index in [1.807, 2.05) is 0 Å². The molecule has 0 unspecified atom stereocenters. The number of esters is 1. The monoisotopic (exact) mass is 537 g/mol. The SMILES string of the molecule is COC(=O)c1ccccc1NC(=O)CSc1ncc(S(=O)(=O)c2ccc(Br)cc2)c(=O)[nH]1. The summed E-state index contributed by atoms with van der Waals surface area (Å²) in [6.45, 7) is 0. The summed E-state index contributed by atoms with van der Waals surface area (Å²) >= 11 is 4.13. The van der Waals surface area contributed by atoms with Gasteiger partial charge in [-0.1, -0.05) is 39.8 Å². The average molecular weight is 538 g/mol. The molecule has 166 valence electrons. The number of hydrogen-bond acceptors (Lipinski definition) is 8. The van der Waals surface area contributed by atoms with Gasteiger partial charge >= 0.3 is 5.97 Å². The smallest absolute Gasteiger partial charge is 0.339 e. The van der Waals surface area contributed by atoms with E-state index < -0.39 is 32.2 Å². The second-order valence-corrected chi connectivity index (χ2v) is 10.0. The summed E-state index contributed by atoms with van der Waals surface area (Å²) in [6.07, 6.45) is 0.961. The molecule has 0 aliphatic heterocycles. The first kappa shape index (κ1) is 23.7. The third-order valence-electron chi connectivity index (χ3n) is 4.10. The summed E-state index contributed by atoms with van der Waals surface area (Å²) in [5, 5.41) is 2.66. The molecule has 0 fully saturated rings. The molecule has 0 spiro atoms. The van der Waals surface area contributed by atoms with E-state index in [1.165, 1.54) is 25.3 Å². The number of methoxy groups -OCH3 is 1. The van der Waals surface area contributed by atoms with Crippen molar-refractivity contribution >= 4 is 55.1 Å². The Morgan fingerprint density at radius 3 is 2.50 bits per heavy atom. The number of aromatic nitrogens is 2. The Morgan fingerprint density at radius 1 is 1.16 bits per heavy atom. The van der Waals surface area contributed by atoms with E-state index >= 15 is 0 Å². The molecule has 9 nitrogen and oxygen atoms in total. The van der Waals surface area contributed by atoms with Crippen LogP contribution in [0.3, 0.4) is 0 Å². The summed E-state index contributed by atoms with van der Waals surface area (Å²) in [5.41, 5.74) is -0.369. The number of carbonyl (C=O) groups is 2. The molecule has 3 aromatic rings. The number of ether oxygens (including phenoxy) is 1. The lowest BCUT2D eigenvalue weighted by molar-refractivity contribution is -0.113. The van der Waals surface area contributed by atoms with Gasteiger partial charge in [0.1, 0.15) is 0 Å². The van der Waals surface area contributed by atoms with Gasteiger partial charge < -0.3 is 15.0 Å². The Labute approximate surface area is 195 Å². The van der Waals surface area contributed by atoms with Crippen LogP contribution in [0, 0.1) is 0 Å². The van der Waals surface area contributed by atoms with Crippen molar-refractivity contribution in [2.45, 2.75) is 14.9 Å². The fraction of sp³-hybridized carbons (Fsp3) is 0.100. The van der Waals surface area contributed by atoms with Crippen molar-refractivity contribution in [1.82, 2.24) is 9.97 Å². The summed E-state index contributed by atoms with van der Waals surface area (Å²) in [6, 6.07) is 12.2. The van der Waals surface area contributed by atoms with Crippen molar-refractivity contribution in [3.8, 4) is 0 Å². The fourth-order valence-electron chi connectivity index (χ4n) is 2.57. The first-order chi connectivity index (χ1) is 15.2. The Morgan fingerprint density at radius 2 is 1.84 bits per heavy atom. The molecule has 32 heavy (non-hydrogen) atoms. The molecular formula is C20H16BrN3O6S2. The molecule has 3 rings (SSSR count). The molecule has 0 saturated carbocycles. The van der Waals surface area contributed by atoms with Crippen molar-refractivity contribution < 1.29 is 22.7 Å². The van der Waals surface area contributed by atoms with Gasteiger partial charge in [0, 0.05) is 4.47 Å². The van der Waals surface area contributed by atoms with Crippen LogP contribution < -0.4 is 10.9 Å². The first-order valence-electron chi connectivity index (χ1n) is 8.92. The highest BCUT2D eigenvalue weighted by Crippen LogP contribution is 2.21. The van der Waals surface area contributed by atoms with Gasteiger partial charge in [0.05, 0.1) is 35.2 Å². The molecular weight excluding hydrogens is 522 g/mol. The zero-order valence-electron chi connectivity index (χ0n) is 16.5. The quantitative estimate of drug-likeness (QED) is 0.266. The van der Waals surface area contributed by atoms with Crippen LogP contribution in [0.5, 0.6) is 0 Å². The lowest BCUT2D eigenvalue weighted by atomic mass is 10.2. The summed E-state index contributed by atoms with van der Waals surface area (Å²) in [4.78, 5) is 42.2. The molecule has 1 amide bonds. The Balaban J connectivity index is 1.70. The summed E-state index contributed by atoms with van der Waals surface area (Å²) in [5.74, 6) is -1.19. The largest absolute Gasteiger partial charge is 0.465 e. The van der Waals surface area contributed by atoms with E-state index in [0.717, 1.165) is 18.0 Å². The van der Waals surface area contributed by atoms with Crippen molar-refractivity contribution in [3.63, 3.8) is 0 Å². The Kier molecular flexibility index (Phi) is 7.48. The highest BCUT2D eigenvalue weighted by molar-refractivity contribution is 9.10. The minimum absolute atomic E-state index is 0.0444. The first-order valence-corrected chi connectivity index (χ1v) is 12.2. The molecule has 0 aliphatic rings. The van der Waals surface area contributed by atoms with Crippen LogP contribution >= 0.6 is 27.7 Å². The zero-order valence-corrected chi connectivity index (χ0v) is 19.7. The van der Waals surface area contributed by atoms with E-state index in [1.54, 1.807) is 30.3 Å². The Hall–Kier alpha value is -2.96. The number of rotatable bonds is 7. The predicted molar refractivity (Wildman–Crippen MR) is 122 cm³/mol. The number of nitrogens with zero attached hydrogens (tertiary/aromatic N) is 1. The summed E-state index contributed by atoms with van der Waals surface area (Å²) in [7, 11) is -2.81. The number of thioether (sulfide) groups is 1. The zero-order chi connectivity index (χ0) is 23.3. The van der Waals surface area contributed by atoms with Crippen molar-refractivity contribution in [2.75, 3.05) is 18.2 Å². The molecule has 2 N–H and O–H groups in total. The van der Waals surface area contributed by atoms with Crippen LogP contribution in [0.15, 0.2) is 78.9 Å². The number of anilines is 1. The predicted octanol–water partition coefficient (Wildman–Crippen LogP) is 2.88. The minimum atomic E-state index is -4.05. The van der Waals surface area contributed by atoms with Crippen molar-refractivity contribution in [1.29, 1.82) is 0 Å². The number of sulfone groups is 1. The van der Waals surface area contributed by atoms with Gasteiger partial charge in [-0.05, 0) is 36.4 Å². The third kappa shape index (κ3) is 5.44. The van der Waals surface area contributed by atoms with Crippen molar-refractivity contribution in [2.24, 2.45) is 0 Å². The number of halogens is 1. The van der Waals surface area contributed by atoms with Crippen LogP contribution in [0.4, 0.5) is 5.69 Å². The molecule has 1 aromatic heterocycles. The second kappa shape index (κ2) is 10.1. The van der Waals surface area contributed by atoms with Crippen LogP contribution in [-0.4, -0.2) is 43.1 Å². The van der Waals surface area contributed by atoms with E-state index in [0.29, 0.717) is 4.47 Å². The van der Waals surface area contributed by atoms with Crippen LogP contribution in [0.1, 0.15) is 10.4 Å². The minimum Gasteiger partial charge on any atom is -0.465 e. The molecule has 0 aliphatic carbocycles. The fourth-order valence-corrected chi connectivity index (χ4v) is 4.70. The standard InChI is InChI=1S/C20H16BrN3O6S2/c1-30-19(27)14-4-2-3-5-15(14)23-17(25)11-31-20-22-10-16(18(26)24-20)32(28,29)13-8-6-12(21)7-9-13/h2-10H,11H2,1H3,(H,23,25)(H,22,24,26).